The van der Waals surface area contributed by atoms with Crippen molar-refractivity contribution in [1.29, 1.82) is 0 Å². The van der Waals surface area contributed by atoms with Crippen molar-refractivity contribution in [2.24, 2.45) is 0 Å². The average Bonchev–Trinajstić information content (AvgIpc) is 1.89. The summed E-state index contributed by atoms with van der Waals surface area (Å²) in [4.78, 5) is 0. The molecule has 0 aromatic rings. The van der Waals surface area contributed by atoms with Crippen LogP contribution in [0.15, 0.2) is 0 Å². The van der Waals surface area contributed by atoms with Gasteiger partial charge in [0.25, 0.3) is 0 Å². The van der Waals surface area contributed by atoms with Crippen LogP contribution in [0.5, 0.6) is 0 Å². The monoisotopic (exact) mass is 210 g/mol. The molecule has 13 heavy (non-hydrogen) atoms. The van der Waals surface area contributed by atoms with E-state index in [1.165, 1.54) is 44.7 Å². The molecule has 0 spiro atoms. The molecular formula is C12H35P. The van der Waals surface area contributed by atoms with Gasteiger partial charge in [-0.3, -0.25) is 0 Å². The summed E-state index contributed by atoms with van der Waals surface area (Å²) in [5.74, 6) is 0. The maximum absolute atomic E-state index is 2.78. The molecule has 0 saturated heterocycles. The summed E-state index contributed by atoms with van der Waals surface area (Å²) in [6, 6.07) is 0. The molecule has 0 fully saturated rings. The average molecular weight is 210 g/mol. The van der Waals surface area contributed by atoms with Crippen LogP contribution in [0.1, 0.15) is 75.2 Å². The van der Waals surface area contributed by atoms with Gasteiger partial charge in [0, 0.05) is 0 Å². The molecular weight excluding hydrogens is 175 g/mol. The summed E-state index contributed by atoms with van der Waals surface area (Å²) in [5.41, 5.74) is 0. The van der Waals surface area contributed by atoms with Gasteiger partial charge >= 0.3 is 0 Å². The SMILES string of the molecule is C.C.C.C.CCCCCCCCP. The first-order chi connectivity index (χ1) is 4.41. The summed E-state index contributed by atoms with van der Waals surface area (Å²) < 4.78 is 0. The first kappa shape index (κ1) is 29.2. The first-order valence-corrected chi connectivity index (χ1v) is 4.93. The number of hydrogen-bond donors (Lipinski definition) is 0. The second-order valence-corrected chi connectivity index (χ2v) is 3.13. The zero-order chi connectivity index (χ0) is 6.95. The van der Waals surface area contributed by atoms with Gasteiger partial charge in [-0.2, -0.15) is 0 Å². The molecule has 0 bridgehead atoms. The van der Waals surface area contributed by atoms with Crippen LogP contribution in [0.25, 0.3) is 0 Å². The standard InChI is InChI=1S/C8H19P.4CH4/c1-2-3-4-5-6-7-8-9;;;;/h2-9H2,1H3;4*1H4. The van der Waals surface area contributed by atoms with Gasteiger partial charge in [-0.05, 0) is 12.6 Å². The molecule has 0 heterocycles. The van der Waals surface area contributed by atoms with E-state index in [0.717, 1.165) is 0 Å². The van der Waals surface area contributed by atoms with E-state index < -0.39 is 0 Å². The molecule has 1 unspecified atom stereocenters. The highest BCUT2D eigenvalue weighted by molar-refractivity contribution is 7.16. The summed E-state index contributed by atoms with van der Waals surface area (Å²) >= 11 is 0. The molecule has 0 saturated carbocycles. The van der Waals surface area contributed by atoms with Crippen LogP contribution in [0.3, 0.4) is 0 Å². The van der Waals surface area contributed by atoms with Gasteiger partial charge in [0.1, 0.15) is 0 Å². The summed E-state index contributed by atoms with van der Waals surface area (Å²) in [5, 5.41) is 0. The van der Waals surface area contributed by atoms with Crippen molar-refractivity contribution in [3.8, 4) is 0 Å². The Balaban J connectivity index is -0.0000000533. The molecule has 0 aliphatic carbocycles. The van der Waals surface area contributed by atoms with Crippen molar-refractivity contribution in [2.75, 3.05) is 6.16 Å². The Hall–Kier alpha value is 0.430. The van der Waals surface area contributed by atoms with Gasteiger partial charge in [0.15, 0.2) is 0 Å². The summed E-state index contributed by atoms with van der Waals surface area (Å²) in [6.07, 6.45) is 9.80. The Morgan fingerprint density at radius 3 is 1.46 bits per heavy atom. The van der Waals surface area contributed by atoms with Crippen LogP contribution < -0.4 is 0 Å². The highest BCUT2D eigenvalue weighted by Crippen LogP contribution is 2.05. The lowest BCUT2D eigenvalue weighted by Gasteiger charge is -1.96. The third kappa shape index (κ3) is 32.7. The largest absolute Gasteiger partial charge is 0.138 e. The molecule has 0 aliphatic rings. The topological polar surface area (TPSA) is 0 Å². The minimum atomic E-state index is 0. The maximum Gasteiger partial charge on any atom is -0.0381 e. The molecule has 0 nitrogen and oxygen atoms in total. The quantitative estimate of drug-likeness (QED) is 0.386. The van der Waals surface area contributed by atoms with Crippen LogP contribution in [-0.2, 0) is 0 Å². The zero-order valence-corrected chi connectivity index (χ0v) is 7.68. The van der Waals surface area contributed by atoms with Crippen molar-refractivity contribution in [3.05, 3.63) is 0 Å². The number of rotatable bonds is 6. The van der Waals surface area contributed by atoms with Gasteiger partial charge in [-0.15, -0.1) is 9.24 Å². The van der Waals surface area contributed by atoms with E-state index >= 15 is 0 Å². The van der Waals surface area contributed by atoms with Gasteiger partial charge in [-0.1, -0.05) is 68.7 Å². The normalized spacial score (nSPS) is 6.92. The van der Waals surface area contributed by atoms with Gasteiger partial charge < -0.3 is 0 Å². The first-order valence-electron chi connectivity index (χ1n) is 4.12. The second kappa shape index (κ2) is 29.4. The number of unbranched alkanes of at least 4 members (excludes halogenated alkanes) is 5. The highest BCUT2D eigenvalue weighted by atomic mass is 31.0. The predicted octanol–water partition coefficient (Wildman–Crippen LogP) is 5.77. The predicted molar refractivity (Wildman–Crippen MR) is 74.9 cm³/mol. The lowest BCUT2D eigenvalue weighted by atomic mass is 10.1. The minimum absolute atomic E-state index is 0. The van der Waals surface area contributed by atoms with Gasteiger partial charge in [0.05, 0.1) is 0 Å². The van der Waals surface area contributed by atoms with Crippen LogP contribution in [-0.4, -0.2) is 6.16 Å². The molecule has 0 aliphatic heterocycles. The second-order valence-electron chi connectivity index (χ2n) is 2.56. The van der Waals surface area contributed by atoms with Gasteiger partial charge in [-0.25, -0.2) is 0 Å². The minimum Gasteiger partial charge on any atom is -0.138 e. The van der Waals surface area contributed by atoms with E-state index in [2.05, 4.69) is 16.2 Å². The molecule has 88 valence electrons. The van der Waals surface area contributed by atoms with E-state index in [4.69, 9.17) is 0 Å². The van der Waals surface area contributed by atoms with Crippen LogP contribution in [0.4, 0.5) is 0 Å². The third-order valence-electron chi connectivity index (χ3n) is 1.56. The molecule has 0 amide bonds. The Bertz CT molecular complexity index is 38.4. The van der Waals surface area contributed by atoms with Crippen molar-refractivity contribution in [2.45, 2.75) is 75.2 Å². The van der Waals surface area contributed by atoms with Crippen LogP contribution in [0, 0.1) is 0 Å². The molecule has 0 radical (unpaired) electrons. The molecule has 1 atom stereocenters. The fourth-order valence-electron chi connectivity index (χ4n) is 0.925. The molecule has 0 N–H and O–H groups in total. The van der Waals surface area contributed by atoms with E-state index in [1.54, 1.807) is 0 Å². The molecule has 0 aromatic heterocycles. The smallest absolute Gasteiger partial charge is 0.0381 e. The van der Waals surface area contributed by atoms with E-state index in [0.29, 0.717) is 0 Å². The van der Waals surface area contributed by atoms with Crippen molar-refractivity contribution < 1.29 is 0 Å². The lowest BCUT2D eigenvalue weighted by Crippen LogP contribution is -1.78. The fourth-order valence-corrected chi connectivity index (χ4v) is 1.21. The fraction of sp³-hybridized carbons (Fsp3) is 1.00. The summed E-state index contributed by atoms with van der Waals surface area (Å²) in [7, 11) is 2.78. The highest BCUT2D eigenvalue weighted by Gasteiger charge is 1.85. The maximum atomic E-state index is 2.78. The summed E-state index contributed by atoms with van der Waals surface area (Å²) in [6.45, 7) is 2.26. The van der Waals surface area contributed by atoms with E-state index in [-0.39, 0.29) is 29.7 Å². The Morgan fingerprint density at radius 1 is 0.692 bits per heavy atom. The lowest BCUT2D eigenvalue weighted by molar-refractivity contribution is 0.627. The Morgan fingerprint density at radius 2 is 1.08 bits per heavy atom. The van der Waals surface area contributed by atoms with Crippen LogP contribution >= 0.6 is 9.24 Å². The zero-order valence-electron chi connectivity index (χ0n) is 6.53. The van der Waals surface area contributed by atoms with E-state index in [9.17, 15) is 0 Å². The Labute approximate surface area is 91.1 Å². The number of hydrogen-bond acceptors (Lipinski definition) is 0. The molecule has 0 aromatic carbocycles. The van der Waals surface area contributed by atoms with Crippen molar-refractivity contribution in [1.82, 2.24) is 0 Å². The Kier molecular flexibility index (Phi) is 66.1. The van der Waals surface area contributed by atoms with Crippen LogP contribution in [0.2, 0.25) is 0 Å². The van der Waals surface area contributed by atoms with Crippen molar-refractivity contribution >= 4 is 9.24 Å². The van der Waals surface area contributed by atoms with Gasteiger partial charge in [0.2, 0.25) is 0 Å². The van der Waals surface area contributed by atoms with Crippen molar-refractivity contribution in [3.63, 3.8) is 0 Å². The molecule has 1 heteroatoms. The third-order valence-corrected chi connectivity index (χ3v) is 1.97. The molecule has 0 rings (SSSR count). The van der Waals surface area contributed by atoms with E-state index in [1.807, 2.05) is 0 Å².